The maximum absolute atomic E-state index is 13.4. The molecule has 1 aliphatic carbocycles. The van der Waals surface area contributed by atoms with Crippen molar-refractivity contribution in [1.29, 1.82) is 0 Å². The summed E-state index contributed by atoms with van der Waals surface area (Å²) in [7, 11) is 1.53. The molecule has 1 N–H and O–H groups in total. The standard InChI is InChI=1S/C21H23FN4O2.Fe/c1-21(27)10-7-16(8-11-21)26-13-24-18(14-3-5-15(22)6-4-14)19(26)17-9-12-23-20(25-17)28-2;/h3-6,9,12-13,16,27H,7-8,10-11H2,1-2H3;. The predicted molar refractivity (Wildman–Crippen MR) is 103 cm³/mol. The van der Waals surface area contributed by atoms with Crippen molar-refractivity contribution in [2.45, 2.75) is 44.2 Å². The Labute approximate surface area is 179 Å². The molecule has 0 saturated heterocycles. The Morgan fingerprint density at radius 1 is 1.14 bits per heavy atom. The van der Waals surface area contributed by atoms with Gasteiger partial charge in [-0.25, -0.2) is 14.4 Å². The third-order valence-corrected chi connectivity index (χ3v) is 5.40. The molecule has 2 heterocycles. The van der Waals surface area contributed by atoms with Crippen LogP contribution in [0.3, 0.4) is 0 Å². The molecule has 2 aromatic heterocycles. The molecule has 0 spiro atoms. The van der Waals surface area contributed by atoms with E-state index in [1.807, 2.05) is 19.3 Å². The number of halogens is 1. The average Bonchev–Trinajstić information content (AvgIpc) is 3.13. The molecule has 6 nitrogen and oxygen atoms in total. The molecule has 0 aliphatic heterocycles. The van der Waals surface area contributed by atoms with Crippen LogP contribution in [0.4, 0.5) is 4.39 Å². The molecule has 1 saturated carbocycles. The van der Waals surface area contributed by atoms with Crippen LogP contribution in [0.2, 0.25) is 0 Å². The molecule has 0 atom stereocenters. The summed E-state index contributed by atoms with van der Waals surface area (Å²) in [5, 5.41) is 10.3. The molecule has 0 bridgehead atoms. The predicted octanol–water partition coefficient (Wildman–Crippen LogP) is 4.02. The van der Waals surface area contributed by atoms with E-state index < -0.39 is 5.60 Å². The molecule has 3 aromatic rings. The average molecular weight is 438 g/mol. The van der Waals surface area contributed by atoms with E-state index >= 15 is 0 Å². The van der Waals surface area contributed by atoms with Gasteiger partial charge < -0.3 is 14.4 Å². The van der Waals surface area contributed by atoms with Gasteiger partial charge in [0.05, 0.1) is 36.1 Å². The first-order valence-corrected chi connectivity index (χ1v) is 9.39. The van der Waals surface area contributed by atoms with Gasteiger partial charge in [-0.1, -0.05) is 0 Å². The molecule has 0 unspecified atom stereocenters. The third-order valence-electron chi connectivity index (χ3n) is 5.40. The van der Waals surface area contributed by atoms with Crippen LogP contribution in [0.25, 0.3) is 22.6 Å². The minimum Gasteiger partial charge on any atom is -0.467 e. The summed E-state index contributed by atoms with van der Waals surface area (Å²) in [6.45, 7) is 1.89. The number of aromatic nitrogens is 4. The van der Waals surface area contributed by atoms with Crippen molar-refractivity contribution in [3.8, 4) is 28.7 Å². The minimum atomic E-state index is -0.616. The van der Waals surface area contributed by atoms with E-state index in [0.29, 0.717) is 5.69 Å². The van der Waals surface area contributed by atoms with Crippen LogP contribution in [0, 0.1) is 5.82 Å². The first-order valence-electron chi connectivity index (χ1n) is 9.39. The zero-order valence-electron chi connectivity index (χ0n) is 16.3. The Morgan fingerprint density at radius 2 is 1.83 bits per heavy atom. The first kappa shape index (κ1) is 21.4. The van der Waals surface area contributed by atoms with Crippen molar-refractivity contribution < 1.29 is 31.3 Å². The van der Waals surface area contributed by atoms with Crippen molar-refractivity contribution >= 4 is 0 Å². The summed E-state index contributed by atoms with van der Waals surface area (Å²) in [5.74, 6) is -0.289. The molecule has 0 radical (unpaired) electrons. The number of hydrogen-bond acceptors (Lipinski definition) is 5. The molecule has 1 aromatic carbocycles. The van der Waals surface area contributed by atoms with E-state index in [2.05, 4.69) is 19.5 Å². The molecule has 29 heavy (non-hydrogen) atoms. The number of ether oxygens (including phenoxy) is 1. The molecule has 154 valence electrons. The summed E-state index contributed by atoms with van der Waals surface area (Å²) in [5.41, 5.74) is 2.48. The fraction of sp³-hybridized carbons (Fsp3) is 0.381. The van der Waals surface area contributed by atoms with Gasteiger partial charge in [0.15, 0.2) is 0 Å². The molecular weight excluding hydrogens is 415 g/mol. The SMILES string of the molecule is COc1nccc(-c2c(-c3ccc(F)cc3)ncn2C2CCC(C)(O)CC2)n1.[Fe]. The van der Waals surface area contributed by atoms with Crippen molar-refractivity contribution in [3.63, 3.8) is 0 Å². The van der Waals surface area contributed by atoms with Gasteiger partial charge in [0.1, 0.15) is 5.82 Å². The Kier molecular flexibility index (Phi) is 6.36. The zero-order chi connectivity index (χ0) is 19.7. The van der Waals surface area contributed by atoms with Gasteiger partial charge in [0, 0.05) is 34.9 Å². The molecule has 0 amide bonds. The molecule has 4 rings (SSSR count). The largest absolute Gasteiger partial charge is 0.467 e. The van der Waals surface area contributed by atoms with E-state index in [1.54, 1.807) is 18.3 Å². The summed E-state index contributed by atoms with van der Waals surface area (Å²) in [6.07, 6.45) is 6.62. The number of aliphatic hydroxyl groups is 1. The fourth-order valence-electron chi connectivity index (χ4n) is 3.78. The van der Waals surface area contributed by atoms with Crippen LogP contribution in [0.5, 0.6) is 6.01 Å². The number of methoxy groups -OCH3 is 1. The molecule has 1 aliphatic rings. The Hall–Kier alpha value is -2.28. The summed E-state index contributed by atoms with van der Waals surface area (Å²) >= 11 is 0. The number of benzene rings is 1. The minimum absolute atomic E-state index is 0. The van der Waals surface area contributed by atoms with Crippen molar-refractivity contribution in [3.05, 3.63) is 48.7 Å². The number of nitrogens with zero attached hydrogens (tertiary/aromatic N) is 4. The molecule has 8 heteroatoms. The second-order valence-corrected chi connectivity index (χ2v) is 7.51. The second-order valence-electron chi connectivity index (χ2n) is 7.51. The Bertz CT molecular complexity index is 965. The summed E-state index contributed by atoms with van der Waals surface area (Å²) in [6, 6.07) is 8.60. The van der Waals surface area contributed by atoms with Crippen LogP contribution in [0.15, 0.2) is 42.9 Å². The van der Waals surface area contributed by atoms with Gasteiger partial charge >= 0.3 is 6.01 Å². The monoisotopic (exact) mass is 438 g/mol. The van der Waals surface area contributed by atoms with Gasteiger partial charge in [-0.3, -0.25) is 0 Å². The summed E-state index contributed by atoms with van der Waals surface area (Å²) < 4.78 is 20.7. The van der Waals surface area contributed by atoms with Crippen LogP contribution in [0.1, 0.15) is 38.6 Å². The topological polar surface area (TPSA) is 73.1 Å². The Balaban J connectivity index is 0.00000240. The van der Waals surface area contributed by atoms with Crippen LogP contribution < -0.4 is 4.74 Å². The number of rotatable bonds is 4. The van der Waals surface area contributed by atoms with Gasteiger partial charge in [0.25, 0.3) is 0 Å². The van der Waals surface area contributed by atoms with Crippen LogP contribution in [-0.4, -0.2) is 37.3 Å². The van der Waals surface area contributed by atoms with Gasteiger partial charge in [0.2, 0.25) is 0 Å². The zero-order valence-corrected chi connectivity index (χ0v) is 17.4. The van der Waals surface area contributed by atoms with E-state index in [9.17, 15) is 9.50 Å². The number of hydrogen-bond donors (Lipinski definition) is 1. The van der Waals surface area contributed by atoms with Crippen molar-refractivity contribution in [2.24, 2.45) is 0 Å². The second kappa shape index (κ2) is 8.61. The quantitative estimate of drug-likeness (QED) is 0.623. The smallest absolute Gasteiger partial charge is 0.316 e. The Morgan fingerprint density at radius 3 is 2.48 bits per heavy atom. The molecular formula is C21H23FFeN4O2. The van der Waals surface area contributed by atoms with Crippen LogP contribution >= 0.6 is 0 Å². The fourth-order valence-corrected chi connectivity index (χ4v) is 3.78. The molecule has 1 fully saturated rings. The summed E-state index contributed by atoms with van der Waals surface area (Å²) in [4.78, 5) is 13.2. The van der Waals surface area contributed by atoms with Crippen molar-refractivity contribution in [1.82, 2.24) is 19.5 Å². The maximum Gasteiger partial charge on any atom is 0.316 e. The first-order chi connectivity index (χ1) is 13.5. The van der Waals surface area contributed by atoms with E-state index in [4.69, 9.17) is 4.74 Å². The van der Waals surface area contributed by atoms with Gasteiger partial charge in [-0.2, -0.15) is 4.98 Å². The van der Waals surface area contributed by atoms with E-state index in [1.165, 1.54) is 19.2 Å². The third kappa shape index (κ3) is 4.50. The van der Waals surface area contributed by atoms with E-state index in [0.717, 1.165) is 42.6 Å². The maximum atomic E-state index is 13.4. The van der Waals surface area contributed by atoms with Gasteiger partial charge in [-0.15, -0.1) is 0 Å². The number of imidazole rings is 1. The van der Waals surface area contributed by atoms with Crippen molar-refractivity contribution in [2.75, 3.05) is 7.11 Å². The van der Waals surface area contributed by atoms with Crippen LogP contribution in [-0.2, 0) is 17.1 Å². The van der Waals surface area contributed by atoms with E-state index in [-0.39, 0.29) is 34.9 Å². The van der Waals surface area contributed by atoms with Gasteiger partial charge in [-0.05, 0) is 62.9 Å². The normalized spacial score (nSPS) is 21.4.